The number of nitrogens with one attached hydrogen (secondary N) is 1. The van der Waals surface area contributed by atoms with E-state index in [0.29, 0.717) is 30.3 Å². The second-order valence-electron chi connectivity index (χ2n) is 7.32. The van der Waals surface area contributed by atoms with E-state index in [1.807, 2.05) is 35.2 Å². The zero-order valence-electron chi connectivity index (χ0n) is 15.8. The molecule has 2 fully saturated rings. The molecule has 6 heteroatoms. The normalized spacial score (nSPS) is 21.8. The van der Waals surface area contributed by atoms with Gasteiger partial charge in [-0.3, -0.25) is 0 Å². The third kappa shape index (κ3) is 4.17. The molecular weight excluding hydrogens is 356 g/mol. The fourth-order valence-electron chi connectivity index (χ4n) is 3.54. The lowest BCUT2D eigenvalue weighted by atomic mass is 10.1. The Morgan fingerprint density at radius 3 is 2.39 bits per heavy atom. The van der Waals surface area contributed by atoms with Crippen LogP contribution >= 0.6 is 0 Å². The van der Waals surface area contributed by atoms with Crippen LogP contribution in [0.4, 0.5) is 10.5 Å². The van der Waals surface area contributed by atoms with Crippen molar-refractivity contribution in [1.29, 1.82) is 0 Å². The molecule has 1 N–H and O–H groups in total. The van der Waals surface area contributed by atoms with Gasteiger partial charge in [0.2, 0.25) is 0 Å². The minimum absolute atomic E-state index is 0.0754. The fraction of sp³-hybridized carbons (Fsp3) is 0.364. The number of urea groups is 1. The molecule has 1 heterocycles. The first kappa shape index (κ1) is 18.5. The van der Waals surface area contributed by atoms with Crippen LogP contribution < -0.4 is 5.32 Å². The summed E-state index contributed by atoms with van der Waals surface area (Å²) >= 11 is 0. The van der Waals surface area contributed by atoms with Gasteiger partial charge in [-0.1, -0.05) is 30.3 Å². The Bertz CT molecular complexity index is 833. The molecule has 4 rings (SSSR count). The molecule has 0 spiro atoms. The number of methoxy groups -OCH3 is 1. The van der Waals surface area contributed by atoms with E-state index in [2.05, 4.69) is 5.32 Å². The second-order valence-corrected chi connectivity index (χ2v) is 7.32. The Morgan fingerprint density at radius 2 is 1.75 bits per heavy atom. The number of benzene rings is 2. The first-order valence-electron chi connectivity index (χ1n) is 9.59. The topological polar surface area (TPSA) is 67.9 Å². The highest BCUT2D eigenvalue weighted by Gasteiger charge is 2.40. The molecule has 0 radical (unpaired) electrons. The number of carbonyl (C=O) groups excluding carboxylic acids is 2. The molecular formula is C22H24N2O4. The highest BCUT2D eigenvalue weighted by Crippen LogP contribution is 2.39. The van der Waals surface area contributed by atoms with Gasteiger partial charge in [-0.2, -0.15) is 0 Å². The van der Waals surface area contributed by atoms with Gasteiger partial charge in [-0.25, -0.2) is 9.59 Å². The molecule has 2 amide bonds. The molecule has 1 saturated heterocycles. The minimum Gasteiger partial charge on any atom is -0.465 e. The Labute approximate surface area is 164 Å². The zero-order chi connectivity index (χ0) is 19.5. The molecule has 2 aromatic rings. The lowest BCUT2D eigenvalue weighted by Gasteiger charge is -2.38. The van der Waals surface area contributed by atoms with Crippen LogP contribution in [0.5, 0.6) is 0 Å². The molecule has 2 atom stereocenters. The Morgan fingerprint density at radius 1 is 1.04 bits per heavy atom. The van der Waals surface area contributed by atoms with Crippen molar-refractivity contribution in [3.63, 3.8) is 0 Å². The van der Waals surface area contributed by atoms with Gasteiger partial charge in [0.05, 0.1) is 25.3 Å². The van der Waals surface area contributed by atoms with Gasteiger partial charge in [-0.05, 0) is 48.6 Å². The zero-order valence-corrected chi connectivity index (χ0v) is 15.8. The molecule has 1 aliphatic heterocycles. The molecule has 146 valence electrons. The average molecular weight is 380 g/mol. The summed E-state index contributed by atoms with van der Waals surface area (Å²) in [5.41, 5.74) is 2.18. The Hall–Kier alpha value is -2.86. The molecule has 28 heavy (non-hydrogen) atoms. The predicted molar refractivity (Wildman–Crippen MR) is 105 cm³/mol. The largest absolute Gasteiger partial charge is 0.465 e. The summed E-state index contributed by atoms with van der Waals surface area (Å²) in [5, 5.41) is 2.93. The summed E-state index contributed by atoms with van der Waals surface area (Å²) in [7, 11) is 1.34. The van der Waals surface area contributed by atoms with Crippen molar-refractivity contribution in [3.05, 3.63) is 65.7 Å². The SMILES string of the molecule is COC(=O)c1ccc(NC(=O)N2C[C@@H](c3ccccc3)O[C@@H](C3CC3)C2)cc1. The minimum atomic E-state index is -0.399. The molecule has 0 bridgehead atoms. The number of nitrogens with zero attached hydrogens (tertiary/aromatic N) is 1. The lowest BCUT2D eigenvalue weighted by molar-refractivity contribution is -0.0824. The van der Waals surface area contributed by atoms with Crippen molar-refractivity contribution in [1.82, 2.24) is 4.90 Å². The van der Waals surface area contributed by atoms with Crippen LogP contribution in [0.1, 0.15) is 34.9 Å². The highest BCUT2D eigenvalue weighted by molar-refractivity contribution is 5.92. The first-order chi connectivity index (χ1) is 13.6. The van der Waals surface area contributed by atoms with Gasteiger partial charge in [0.25, 0.3) is 0 Å². The van der Waals surface area contributed by atoms with Gasteiger partial charge in [0.1, 0.15) is 6.10 Å². The molecule has 0 aromatic heterocycles. The number of carbonyl (C=O) groups is 2. The number of anilines is 1. The second kappa shape index (κ2) is 8.02. The number of esters is 1. The van der Waals surface area contributed by atoms with Crippen molar-refractivity contribution >= 4 is 17.7 Å². The first-order valence-corrected chi connectivity index (χ1v) is 9.59. The molecule has 2 aromatic carbocycles. The van der Waals surface area contributed by atoms with E-state index >= 15 is 0 Å². The van der Waals surface area contributed by atoms with Crippen LogP contribution in [0.15, 0.2) is 54.6 Å². The van der Waals surface area contributed by atoms with E-state index < -0.39 is 5.97 Å². The van der Waals surface area contributed by atoms with E-state index in [4.69, 9.17) is 9.47 Å². The summed E-state index contributed by atoms with van der Waals surface area (Å²) in [6.07, 6.45) is 2.28. The standard InChI is InChI=1S/C22H24N2O4/c1-27-21(25)17-9-11-18(12-10-17)23-22(26)24-13-19(15-5-3-2-4-6-15)28-20(14-24)16-7-8-16/h2-6,9-12,16,19-20H,7-8,13-14H2,1H3,(H,23,26)/t19-,20+/m0/s1. The summed E-state index contributed by atoms with van der Waals surface area (Å²) < 4.78 is 11.0. The van der Waals surface area contributed by atoms with E-state index in [1.165, 1.54) is 7.11 Å². The monoisotopic (exact) mass is 380 g/mol. The third-order valence-electron chi connectivity index (χ3n) is 5.29. The molecule has 1 aliphatic carbocycles. The van der Waals surface area contributed by atoms with E-state index in [1.54, 1.807) is 24.3 Å². The average Bonchev–Trinajstić information content (AvgIpc) is 3.59. The van der Waals surface area contributed by atoms with E-state index in [-0.39, 0.29) is 18.2 Å². The van der Waals surface area contributed by atoms with E-state index in [9.17, 15) is 9.59 Å². The molecule has 0 unspecified atom stereocenters. The van der Waals surface area contributed by atoms with Crippen LogP contribution in [0.3, 0.4) is 0 Å². The number of hydrogen-bond acceptors (Lipinski definition) is 4. The maximum Gasteiger partial charge on any atom is 0.337 e. The quantitative estimate of drug-likeness (QED) is 0.818. The van der Waals surface area contributed by atoms with Crippen molar-refractivity contribution in [2.24, 2.45) is 5.92 Å². The van der Waals surface area contributed by atoms with Gasteiger partial charge in [-0.15, -0.1) is 0 Å². The van der Waals surface area contributed by atoms with Gasteiger partial charge in [0, 0.05) is 12.2 Å². The van der Waals surface area contributed by atoms with Crippen molar-refractivity contribution in [2.75, 3.05) is 25.5 Å². The van der Waals surface area contributed by atoms with Crippen LogP contribution in [-0.4, -0.2) is 43.2 Å². The number of rotatable bonds is 4. The maximum atomic E-state index is 12.9. The molecule has 6 nitrogen and oxygen atoms in total. The van der Waals surface area contributed by atoms with Crippen LogP contribution in [-0.2, 0) is 9.47 Å². The number of hydrogen-bond donors (Lipinski definition) is 1. The van der Waals surface area contributed by atoms with Crippen LogP contribution in [0.2, 0.25) is 0 Å². The summed E-state index contributed by atoms with van der Waals surface area (Å²) in [5.74, 6) is 0.144. The number of morpholine rings is 1. The summed E-state index contributed by atoms with van der Waals surface area (Å²) in [6.45, 7) is 1.11. The van der Waals surface area contributed by atoms with Crippen molar-refractivity contribution in [2.45, 2.75) is 25.0 Å². The van der Waals surface area contributed by atoms with Gasteiger partial charge < -0.3 is 19.7 Å². The predicted octanol–water partition coefficient (Wildman–Crippen LogP) is 3.86. The van der Waals surface area contributed by atoms with E-state index in [0.717, 1.165) is 18.4 Å². The van der Waals surface area contributed by atoms with Crippen molar-refractivity contribution in [3.8, 4) is 0 Å². The summed E-state index contributed by atoms with van der Waals surface area (Å²) in [6, 6.07) is 16.6. The Balaban J connectivity index is 1.45. The Kier molecular flexibility index (Phi) is 5.30. The van der Waals surface area contributed by atoms with Gasteiger partial charge >= 0.3 is 12.0 Å². The van der Waals surface area contributed by atoms with Crippen molar-refractivity contribution < 1.29 is 19.1 Å². The number of amides is 2. The number of ether oxygens (including phenoxy) is 2. The molecule has 2 aliphatic rings. The third-order valence-corrected chi connectivity index (χ3v) is 5.29. The van der Waals surface area contributed by atoms with Gasteiger partial charge in [0.15, 0.2) is 0 Å². The lowest BCUT2D eigenvalue weighted by Crippen LogP contribution is -2.49. The molecule has 1 saturated carbocycles. The maximum absolute atomic E-state index is 12.9. The van der Waals surface area contributed by atoms with Crippen LogP contribution in [0.25, 0.3) is 0 Å². The highest BCUT2D eigenvalue weighted by atomic mass is 16.5. The fourth-order valence-corrected chi connectivity index (χ4v) is 3.54. The smallest absolute Gasteiger partial charge is 0.337 e. The summed E-state index contributed by atoms with van der Waals surface area (Å²) in [4.78, 5) is 26.2. The van der Waals surface area contributed by atoms with Crippen LogP contribution in [0, 0.1) is 5.92 Å².